The second-order valence-corrected chi connectivity index (χ2v) is 5.15. The molecule has 5 nitrogen and oxygen atoms in total. The van der Waals surface area contributed by atoms with E-state index in [1.165, 1.54) is 7.11 Å². The zero-order valence-electron chi connectivity index (χ0n) is 13.3. The van der Waals surface area contributed by atoms with Gasteiger partial charge in [0.05, 0.1) is 19.2 Å². The fourth-order valence-electron chi connectivity index (χ4n) is 2.17. The molecule has 2 aromatic rings. The van der Waals surface area contributed by atoms with E-state index in [9.17, 15) is 9.59 Å². The van der Waals surface area contributed by atoms with Gasteiger partial charge in [0.25, 0.3) is 5.91 Å². The van der Waals surface area contributed by atoms with Crippen molar-refractivity contribution in [1.29, 1.82) is 0 Å². The second-order valence-electron chi connectivity index (χ2n) is 5.15. The molecule has 2 aromatic carbocycles. The van der Waals surface area contributed by atoms with E-state index in [2.05, 4.69) is 10.6 Å². The highest BCUT2D eigenvalue weighted by Gasteiger charge is 2.12. The van der Waals surface area contributed by atoms with Crippen molar-refractivity contribution in [3.8, 4) is 5.75 Å². The molecular weight excluding hydrogens is 292 g/mol. The van der Waals surface area contributed by atoms with Crippen LogP contribution < -0.4 is 15.4 Å². The maximum atomic E-state index is 12.1. The summed E-state index contributed by atoms with van der Waals surface area (Å²) < 4.78 is 5.13. The maximum Gasteiger partial charge on any atom is 0.255 e. The number of amides is 2. The number of hydrogen-bond acceptors (Lipinski definition) is 3. The molecule has 0 bridgehead atoms. The lowest BCUT2D eigenvalue weighted by molar-refractivity contribution is -0.120. The van der Waals surface area contributed by atoms with Crippen molar-refractivity contribution in [2.45, 2.75) is 13.5 Å². The summed E-state index contributed by atoms with van der Waals surface area (Å²) in [6.07, 6.45) is 0. The summed E-state index contributed by atoms with van der Waals surface area (Å²) in [5.74, 6) is -0.104. The first-order valence-electron chi connectivity index (χ1n) is 7.33. The van der Waals surface area contributed by atoms with Crippen molar-refractivity contribution in [3.63, 3.8) is 0 Å². The van der Waals surface area contributed by atoms with Crippen LogP contribution in [0.1, 0.15) is 21.5 Å². The van der Waals surface area contributed by atoms with Gasteiger partial charge in [-0.15, -0.1) is 0 Å². The fourth-order valence-corrected chi connectivity index (χ4v) is 2.17. The smallest absolute Gasteiger partial charge is 0.255 e. The molecule has 2 N–H and O–H groups in total. The number of para-hydroxylation sites is 1. The molecule has 23 heavy (non-hydrogen) atoms. The molecule has 0 aliphatic carbocycles. The number of methoxy groups -OCH3 is 1. The number of carbonyl (C=O) groups excluding carboxylic acids is 2. The predicted octanol–water partition coefficient (Wildman–Crippen LogP) is 2.05. The molecule has 0 saturated heterocycles. The molecule has 0 aliphatic heterocycles. The van der Waals surface area contributed by atoms with Crippen molar-refractivity contribution in [2.75, 3.05) is 13.7 Å². The standard InChI is InChI=1S/C18H20N2O3/c1-13-6-5-7-14(10-13)11-19-17(21)12-20-18(22)15-8-3-4-9-16(15)23-2/h3-10H,11-12H2,1-2H3,(H,19,21)(H,20,22). The number of hydrogen-bond donors (Lipinski definition) is 2. The summed E-state index contributed by atoms with van der Waals surface area (Å²) in [6.45, 7) is 2.35. The van der Waals surface area contributed by atoms with Gasteiger partial charge in [-0.25, -0.2) is 0 Å². The molecule has 0 aliphatic rings. The second kappa shape index (κ2) is 7.98. The lowest BCUT2D eigenvalue weighted by Crippen LogP contribution is -2.36. The van der Waals surface area contributed by atoms with Gasteiger partial charge >= 0.3 is 0 Å². The minimum absolute atomic E-state index is 0.0807. The number of ether oxygens (including phenoxy) is 1. The van der Waals surface area contributed by atoms with Gasteiger partial charge in [0, 0.05) is 6.54 Å². The van der Waals surface area contributed by atoms with E-state index in [0.717, 1.165) is 11.1 Å². The van der Waals surface area contributed by atoms with Crippen molar-refractivity contribution in [1.82, 2.24) is 10.6 Å². The molecule has 120 valence electrons. The predicted molar refractivity (Wildman–Crippen MR) is 88.4 cm³/mol. The molecular formula is C18H20N2O3. The van der Waals surface area contributed by atoms with E-state index in [1.807, 2.05) is 31.2 Å². The van der Waals surface area contributed by atoms with Crippen LogP contribution in [0.2, 0.25) is 0 Å². The van der Waals surface area contributed by atoms with Gasteiger partial charge in [-0.3, -0.25) is 9.59 Å². The summed E-state index contributed by atoms with van der Waals surface area (Å²) in [7, 11) is 1.50. The quantitative estimate of drug-likeness (QED) is 0.858. The van der Waals surface area contributed by atoms with Gasteiger partial charge in [-0.2, -0.15) is 0 Å². The van der Waals surface area contributed by atoms with Crippen LogP contribution in [-0.4, -0.2) is 25.5 Å². The third kappa shape index (κ3) is 4.85. The lowest BCUT2D eigenvalue weighted by Gasteiger charge is -2.09. The SMILES string of the molecule is COc1ccccc1C(=O)NCC(=O)NCc1cccc(C)c1. The van der Waals surface area contributed by atoms with Gasteiger partial charge in [-0.05, 0) is 24.6 Å². The van der Waals surface area contributed by atoms with Crippen LogP contribution in [0.25, 0.3) is 0 Å². The number of benzene rings is 2. The highest BCUT2D eigenvalue weighted by atomic mass is 16.5. The monoisotopic (exact) mass is 312 g/mol. The van der Waals surface area contributed by atoms with Crippen LogP contribution in [0.3, 0.4) is 0 Å². The third-order valence-corrected chi connectivity index (χ3v) is 3.33. The largest absolute Gasteiger partial charge is 0.496 e. The topological polar surface area (TPSA) is 67.4 Å². The minimum atomic E-state index is -0.340. The Hall–Kier alpha value is -2.82. The first-order chi connectivity index (χ1) is 11.1. The van der Waals surface area contributed by atoms with Crippen LogP contribution in [0.15, 0.2) is 48.5 Å². The molecule has 2 rings (SSSR count). The Labute approximate surface area is 135 Å². The van der Waals surface area contributed by atoms with Gasteiger partial charge in [0.1, 0.15) is 5.75 Å². The van der Waals surface area contributed by atoms with Crippen LogP contribution in [0, 0.1) is 6.92 Å². The molecule has 0 aromatic heterocycles. The Kier molecular flexibility index (Phi) is 5.74. The normalized spacial score (nSPS) is 10.0. The molecule has 0 saturated carbocycles. The third-order valence-electron chi connectivity index (χ3n) is 3.33. The zero-order chi connectivity index (χ0) is 16.7. The average Bonchev–Trinajstić information content (AvgIpc) is 2.57. The van der Waals surface area contributed by atoms with Crippen LogP contribution in [-0.2, 0) is 11.3 Å². The first kappa shape index (κ1) is 16.5. The number of aryl methyl sites for hydroxylation is 1. The lowest BCUT2D eigenvalue weighted by atomic mass is 10.1. The molecule has 5 heteroatoms. The van der Waals surface area contributed by atoms with Crippen LogP contribution >= 0.6 is 0 Å². The van der Waals surface area contributed by atoms with Gasteiger partial charge in [0.2, 0.25) is 5.91 Å². The average molecular weight is 312 g/mol. The summed E-state index contributed by atoms with van der Waals surface area (Å²) in [5.41, 5.74) is 2.57. The van der Waals surface area contributed by atoms with Gasteiger partial charge in [-0.1, -0.05) is 42.0 Å². The Balaban J connectivity index is 1.83. The molecule has 0 spiro atoms. The van der Waals surface area contributed by atoms with Crippen molar-refractivity contribution in [2.24, 2.45) is 0 Å². The Morgan fingerprint density at radius 3 is 2.57 bits per heavy atom. The van der Waals surface area contributed by atoms with E-state index < -0.39 is 0 Å². The van der Waals surface area contributed by atoms with E-state index >= 15 is 0 Å². The van der Waals surface area contributed by atoms with E-state index in [1.54, 1.807) is 24.3 Å². The summed E-state index contributed by atoms with van der Waals surface area (Å²) in [5, 5.41) is 5.37. The number of nitrogens with one attached hydrogen (secondary N) is 2. The van der Waals surface area contributed by atoms with Crippen molar-refractivity contribution in [3.05, 3.63) is 65.2 Å². The molecule has 2 amide bonds. The Bertz CT molecular complexity index is 698. The summed E-state index contributed by atoms with van der Waals surface area (Å²) >= 11 is 0. The number of carbonyl (C=O) groups is 2. The maximum absolute atomic E-state index is 12.1. The molecule has 0 radical (unpaired) electrons. The zero-order valence-corrected chi connectivity index (χ0v) is 13.3. The first-order valence-corrected chi connectivity index (χ1v) is 7.33. The molecule has 0 unspecified atom stereocenters. The Morgan fingerprint density at radius 2 is 1.83 bits per heavy atom. The highest BCUT2D eigenvalue weighted by Crippen LogP contribution is 2.16. The highest BCUT2D eigenvalue weighted by molar-refractivity contribution is 5.98. The molecule has 0 fully saturated rings. The summed E-state index contributed by atoms with van der Waals surface area (Å²) in [6, 6.07) is 14.8. The van der Waals surface area contributed by atoms with E-state index in [-0.39, 0.29) is 18.4 Å². The van der Waals surface area contributed by atoms with Crippen LogP contribution in [0.5, 0.6) is 5.75 Å². The Morgan fingerprint density at radius 1 is 1.04 bits per heavy atom. The van der Waals surface area contributed by atoms with Gasteiger partial charge < -0.3 is 15.4 Å². The van der Waals surface area contributed by atoms with E-state index in [4.69, 9.17) is 4.74 Å². The van der Waals surface area contributed by atoms with E-state index in [0.29, 0.717) is 17.9 Å². The van der Waals surface area contributed by atoms with Gasteiger partial charge in [0.15, 0.2) is 0 Å². The van der Waals surface area contributed by atoms with Crippen LogP contribution in [0.4, 0.5) is 0 Å². The fraction of sp³-hybridized carbons (Fsp3) is 0.222. The summed E-state index contributed by atoms with van der Waals surface area (Å²) in [4.78, 5) is 23.9. The molecule has 0 atom stereocenters. The molecule has 0 heterocycles. The van der Waals surface area contributed by atoms with Crippen molar-refractivity contribution < 1.29 is 14.3 Å². The minimum Gasteiger partial charge on any atom is -0.496 e. The number of rotatable bonds is 6. The van der Waals surface area contributed by atoms with Crippen molar-refractivity contribution >= 4 is 11.8 Å².